The Hall–Kier alpha value is -3.20. The molecule has 0 atom stereocenters. The lowest BCUT2D eigenvalue weighted by Gasteiger charge is -2.12. The van der Waals surface area contributed by atoms with Crippen LogP contribution >= 0.6 is 0 Å². The number of fused-ring (bicyclic) bond motifs is 1. The second-order valence-corrected chi connectivity index (χ2v) is 6.07. The average Bonchev–Trinajstić information content (AvgIpc) is 2.67. The minimum Gasteiger partial charge on any atom is -0.365 e. The van der Waals surface area contributed by atoms with Crippen molar-refractivity contribution in [3.63, 3.8) is 0 Å². The molecule has 0 aliphatic carbocycles. The highest BCUT2D eigenvalue weighted by molar-refractivity contribution is 5.90. The van der Waals surface area contributed by atoms with Crippen molar-refractivity contribution in [3.05, 3.63) is 90.0 Å². The van der Waals surface area contributed by atoms with Crippen LogP contribution in [0.1, 0.15) is 11.1 Å². The predicted molar refractivity (Wildman–Crippen MR) is 103 cm³/mol. The van der Waals surface area contributed by atoms with E-state index in [2.05, 4.69) is 42.6 Å². The zero-order chi connectivity index (χ0) is 17.1. The van der Waals surface area contributed by atoms with Gasteiger partial charge in [0.25, 0.3) is 0 Å². The Morgan fingerprint density at radius 1 is 0.760 bits per heavy atom. The van der Waals surface area contributed by atoms with E-state index in [1.807, 2.05) is 48.5 Å². The van der Waals surface area contributed by atoms with Gasteiger partial charge in [0.2, 0.25) is 0 Å². The van der Waals surface area contributed by atoms with E-state index in [1.165, 1.54) is 11.1 Å². The summed E-state index contributed by atoms with van der Waals surface area (Å²) in [6.45, 7) is 2.82. The third-order valence-corrected chi connectivity index (χ3v) is 4.29. The number of aromatic nitrogens is 2. The summed E-state index contributed by atoms with van der Waals surface area (Å²) >= 11 is 0. The summed E-state index contributed by atoms with van der Waals surface area (Å²) < 4.78 is 0. The molecule has 0 aliphatic rings. The lowest BCUT2D eigenvalue weighted by Crippen LogP contribution is -2.04. The minimum atomic E-state index is 0.731. The van der Waals surface area contributed by atoms with Crippen molar-refractivity contribution >= 4 is 16.7 Å². The number of rotatable bonds is 4. The normalized spacial score (nSPS) is 10.8. The number of aryl methyl sites for hydroxylation is 1. The van der Waals surface area contributed by atoms with Crippen molar-refractivity contribution in [1.82, 2.24) is 9.97 Å². The van der Waals surface area contributed by atoms with Crippen LogP contribution in [-0.4, -0.2) is 9.97 Å². The van der Waals surface area contributed by atoms with Gasteiger partial charge in [-0.2, -0.15) is 0 Å². The van der Waals surface area contributed by atoms with Gasteiger partial charge in [0.15, 0.2) is 5.82 Å². The predicted octanol–water partition coefficient (Wildman–Crippen LogP) is 5.22. The van der Waals surface area contributed by atoms with E-state index in [-0.39, 0.29) is 0 Å². The van der Waals surface area contributed by atoms with Gasteiger partial charge in [-0.15, -0.1) is 0 Å². The highest BCUT2D eigenvalue weighted by Crippen LogP contribution is 2.26. The maximum atomic E-state index is 4.82. The average molecular weight is 325 g/mol. The maximum Gasteiger partial charge on any atom is 0.162 e. The summed E-state index contributed by atoms with van der Waals surface area (Å²) in [5.74, 6) is 1.63. The van der Waals surface area contributed by atoms with Gasteiger partial charge in [0, 0.05) is 17.5 Å². The third-order valence-electron chi connectivity index (χ3n) is 4.29. The van der Waals surface area contributed by atoms with Crippen molar-refractivity contribution in [2.45, 2.75) is 13.5 Å². The SMILES string of the molecule is Cc1ccccc1-c1nc(NCc2ccccc2)c2ccccc2n1. The standard InChI is InChI=1S/C22H19N3/c1-16-9-5-6-12-18(16)22-24-20-14-8-7-13-19(20)21(25-22)23-15-17-10-3-2-4-11-17/h2-14H,15H2,1H3,(H,23,24,25). The van der Waals surface area contributed by atoms with E-state index in [4.69, 9.17) is 9.97 Å². The first-order chi connectivity index (χ1) is 12.3. The minimum absolute atomic E-state index is 0.731. The van der Waals surface area contributed by atoms with Crippen LogP contribution in [0.15, 0.2) is 78.9 Å². The summed E-state index contributed by atoms with van der Waals surface area (Å²) in [4.78, 5) is 9.60. The van der Waals surface area contributed by atoms with Crippen molar-refractivity contribution in [2.24, 2.45) is 0 Å². The van der Waals surface area contributed by atoms with Gasteiger partial charge in [-0.1, -0.05) is 66.7 Å². The number of hydrogen-bond donors (Lipinski definition) is 1. The number of nitrogens with one attached hydrogen (secondary N) is 1. The molecule has 0 unspecified atom stereocenters. The first-order valence-electron chi connectivity index (χ1n) is 8.42. The molecule has 3 nitrogen and oxygen atoms in total. The Balaban J connectivity index is 1.78. The van der Waals surface area contributed by atoms with Crippen LogP contribution in [0.25, 0.3) is 22.3 Å². The molecule has 3 aromatic carbocycles. The van der Waals surface area contributed by atoms with Gasteiger partial charge >= 0.3 is 0 Å². The molecule has 4 rings (SSSR count). The number of para-hydroxylation sites is 1. The molecule has 0 aliphatic heterocycles. The molecule has 0 fully saturated rings. The molecule has 0 bridgehead atoms. The van der Waals surface area contributed by atoms with Crippen molar-refractivity contribution < 1.29 is 0 Å². The largest absolute Gasteiger partial charge is 0.365 e. The molecule has 0 spiro atoms. The Kier molecular flexibility index (Phi) is 4.13. The van der Waals surface area contributed by atoms with E-state index in [1.54, 1.807) is 0 Å². The Morgan fingerprint density at radius 2 is 1.48 bits per heavy atom. The summed E-state index contributed by atoms with van der Waals surface area (Å²) in [6.07, 6.45) is 0. The van der Waals surface area contributed by atoms with Gasteiger partial charge in [-0.25, -0.2) is 9.97 Å². The molecule has 1 heterocycles. The molecule has 3 heteroatoms. The summed E-state index contributed by atoms with van der Waals surface area (Å²) in [5.41, 5.74) is 4.41. The van der Waals surface area contributed by atoms with Crippen molar-refractivity contribution in [3.8, 4) is 11.4 Å². The van der Waals surface area contributed by atoms with Gasteiger partial charge in [0.1, 0.15) is 5.82 Å². The zero-order valence-corrected chi connectivity index (χ0v) is 14.1. The number of anilines is 1. The second-order valence-electron chi connectivity index (χ2n) is 6.07. The van der Waals surface area contributed by atoms with Crippen LogP contribution in [0, 0.1) is 6.92 Å². The van der Waals surface area contributed by atoms with E-state index >= 15 is 0 Å². The summed E-state index contributed by atoms with van der Waals surface area (Å²) in [7, 11) is 0. The van der Waals surface area contributed by atoms with Crippen LogP contribution in [-0.2, 0) is 6.54 Å². The van der Waals surface area contributed by atoms with Gasteiger partial charge < -0.3 is 5.32 Å². The first-order valence-corrected chi connectivity index (χ1v) is 8.42. The summed E-state index contributed by atoms with van der Waals surface area (Å²) in [5, 5.41) is 4.52. The smallest absolute Gasteiger partial charge is 0.162 e. The van der Waals surface area contributed by atoms with E-state index in [0.29, 0.717) is 0 Å². The van der Waals surface area contributed by atoms with Gasteiger partial charge in [-0.05, 0) is 30.2 Å². The number of benzene rings is 3. The van der Waals surface area contributed by atoms with Crippen LogP contribution < -0.4 is 5.32 Å². The molecular weight excluding hydrogens is 306 g/mol. The van der Waals surface area contributed by atoms with Crippen molar-refractivity contribution in [1.29, 1.82) is 0 Å². The first kappa shape index (κ1) is 15.3. The molecule has 122 valence electrons. The molecule has 0 saturated carbocycles. The molecular formula is C22H19N3. The number of nitrogens with zero attached hydrogens (tertiary/aromatic N) is 2. The van der Waals surface area contributed by atoms with Gasteiger partial charge in [0.05, 0.1) is 5.52 Å². The Morgan fingerprint density at radius 3 is 2.32 bits per heavy atom. The monoisotopic (exact) mass is 325 g/mol. The van der Waals surface area contributed by atoms with Gasteiger partial charge in [-0.3, -0.25) is 0 Å². The lowest BCUT2D eigenvalue weighted by molar-refractivity contribution is 1.10. The summed E-state index contributed by atoms with van der Waals surface area (Å²) in [6, 6.07) is 26.7. The molecule has 0 saturated heterocycles. The molecule has 0 amide bonds. The van der Waals surface area contributed by atoms with Crippen LogP contribution in [0.4, 0.5) is 5.82 Å². The quantitative estimate of drug-likeness (QED) is 0.559. The van der Waals surface area contributed by atoms with Crippen LogP contribution in [0.5, 0.6) is 0 Å². The molecule has 25 heavy (non-hydrogen) atoms. The zero-order valence-electron chi connectivity index (χ0n) is 14.1. The third kappa shape index (κ3) is 3.22. The number of hydrogen-bond acceptors (Lipinski definition) is 3. The highest BCUT2D eigenvalue weighted by atomic mass is 15.0. The van der Waals surface area contributed by atoms with Crippen LogP contribution in [0.3, 0.4) is 0 Å². The Labute approximate surface area is 147 Å². The van der Waals surface area contributed by atoms with E-state index in [0.717, 1.165) is 34.7 Å². The lowest BCUT2D eigenvalue weighted by atomic mass is 10.1. The molecule has 4 aromatic rings. The van der Waals surface area contributed by atoms with E-state index < -0.39 is 0 Å². The van der Waals surface area contributed by atoms with E-state index in [9.17, 15) is 0 Å². The van der Waals surface area contributed by atoms with Crippen molar-refractivity contribution in [2.75, 3.05) is 5.32 Å². The maximum absolute atomic E-state index is 4.82. The Bertz CT molecular complexity index is 1010. The fourth-order valence-electron chi connectivity index (χ4n) is 2.94. The van der Waals surface area contributed by atoms with Crippen LogP contribution in [0.2, 0.25) is 0 Å². The fraction of sp³-hybridized carbons (Fsp3) is 0.0909. The molecule has 1 N–H and O–H groups in total. The fourth-order valence-corrected chi connectivity index (χ4v) is 2.94. The molecule has 0 radical (unpaired) electrons. The second kappa shape index (κ2) is 6.73. The highest BCUT2D eigenvalue weighted by Gasteiger charge is 2.10. The molecule has 1 aromatic heterocycles. The topological polar surface area (TPSA) is 37.8 Å².